The number of thioether (sulfide) groups is 1. The summed E-state index contributed by atoms with van der Waals surface area (Å²) >= 11 is 2.18. The Hall–Kier alpha value is 0.350. The molecule has 0 bridgehead atoms. The van der Waals surface area contributed by atoms with E-state index in [0.717, 1.165) is 11.2 Å². The van der Waals surface area contributed by atoms with Crippen LogP contribution in [0.4, 0.5) is 0 Å². The van der Waals surface area contributed by atoms with Gasteiger partial charge in [0.25, 0.3) is 0 Å². The predicted octanol–water partition coefficient (Wildman–Crippen LogP) is 2.93. The van der Waals surface area contributed by atoms with Gasteiger partial charge >= 0.3 is 0 Å². The molecule has 0 amide bonds. The van der Waals surface area contributed by atoms with Crippen molar-refractivity contribution in [2.45, 2.75) is 38.4 Å². The molecule has 0 aliphatic carbocycles. The van der Waals surface area contributed by atoms with Crippen LogP contribution in [0.25, 0.3) is 0 Å². The standard InChI is InChI=1S/C8H16S/c1-3-4-8-7(2)5-6-9-8/h7-8H,3-6H2,1-2H3/t7-,8-/m1/s1. The minimum atomic E-state index is 0.995. The lowest BCUT2D eigenvalue weighted by Crippen LogP contribution is -2.06. The van der Waals surface area contributed by atoms with Gasteiger partial charge in [-0.15, -0.1) is 0 Å². The second-order valence-corrected chi connectivity index (χ2v) is 4.31. The van der Waals surface area contributed by atoms with Crippen LogP contribution in [0.2, 0.25) is 0 Å². The maximum absolute atomic E-state index is 2.39. The molecule has 9 heavy (non-hydrogen) atoms. The molecule has 54 valence electrons. The number of hydrogen-bond acceptors (Lipinski definition) is 1. The van der Waals surface area contributed by atoms with E-state index in [4.69, 9.17) is 0 Å². The molecule has 2 atom stereocenters. The smallest absolute Gasteiger partial charge is 0.00728 e. The molecule has 0 radical (unpaired) electrons. The van der Waals surface area contributed by atoms with Crippen molar-refractivity contribution in [2.24, 2.45) is 5.92 Å². The molecular formula is C8H16S. The average Bonchev–Trinajstić information content (AvgIpc) is 2.18. The van der Waals surface area contributed by atoms with Crippen molar-refractivity contribution < 1.29 is 0 Å². The minimum absolute atomic E-state index is 0.995. The molecule has 0 unspecified atom stereocenters. The summed E-state index contributed by atoms with van der Waals surface area (Å²) in [5.41, 5.74) is 0. The molecule has 0 aromatic carbocycles. The molecule has 0 nitrogen and oxygen atoms in total. The molecule has 1 heterocycles. The number of rotatable bonds is 2. The van der Waals surface area contributed by atoms with Crippen LogP contribution in [0.1, 0.15) is 33.1 Å². The highest BCUT2D eigenvalue weighted by Gasteiger charge is 2.22. The number of hydrogen-bond donors (Lipinski definition) is 0. The topological polar surface area (TPSA) is 0 Å². The van der Waals surface area contributed by atoms with Gasteiger partial charge in [-0.25, -0.2) is 0 Å². The van der Waals surface area contributed by atoms with E-state index in [-0.39, 0.29) is 0 Å². The van der Waals surface area contributed by atoms with Crippen LogP contribution >= 0.6 is 11.8 Å². The van der Waals surface area contributed by atoms with Crippen molar-refractivity contribution in [3.63, 3.8) is 0 Å². The van der Waals surface area contributed by atoms with Gasteiger partial charge < -0.3 is 0 Å². The zero-order valence-corrected chi connectivity index (χ0v) is 7.21. The Morgan fingerprint density at radius 3 is 2.78 bits per heavy atom. The monoisotopic (exact) mass is 144 g/mol. The van der Waals surface area contributed by atoms with Gasteiger partial charge in [0.05, 0.1) is 0 Å². The first-order chi connectivity index (χ1) is 4.34. The molecule has 1 saturated heterocycles. The van der Waals surface area contributed by atoms with Crippen LogP contribution in [-0.4, -0.2) is 11.0 Å². The highest BCUT2D eigenvalue weighted by molar-refractivity contribution is 8.00. The van der Waals surface area contributed by atoms with Crippen LogP contribution in [0, 0.1) is 5.92 Å². The molecule has 1 rings (SSSR count). The van der Waals surface area contributed by atoms with E-state index < -0.39 is 0 Å². The van der Waals surface area contributed by atoms with E-state index in [1.165, 1.54) is 25.0 Å². The van der Waals surface area contributed by atoms with E-state index in [1.54, 1.807) is 0 Å². The van der Waals surface area contributed by atoms with Crippen LogP contribution in [0.5, 0.6) is 0 Å². The summed E-state index contributed by atoms with van der Waals surface area (Å²) in [6, 6.07) is 0. The van der Waals surface area contributed by atoms with E-state index in [0.29, 0.717) is 0 Å². The van der Waals surface area contributed by atoms with Gasteiger partial charge in [0, 0.05) is 5.25 Å². The van der Waals surface area contributed by atoms with Crippen LogP contribution in [0.3, 0.4) is 0 Å². The molecule has 0 N–H and O–H groups in total. The summed E-state index contributed by atoms with van der Waals surface area (Å²) in [4.78, 5) is 0. The zero-order valence-electron chi connectivity index (χ0n) is 6.39. The molecule has 0 aromatic heterocycles. The van der Waals surface area contributed by atoms with E-state index in [2.05, 4.69) is 25.6 Å². The van der Waals surface area contributed by atoms with Gasteiger partial charge in [-0.05, 0) is 24.5 Å². The summed E-state index contributed by atoms with van der Waals surface area (Å²) in [5.74, 6) is 2.40. The Balaban J connectivity index is 2.22. The van der Waals surface area contributed by atoms with Gasteiger partial charge in [0.15, 0.2) is 0 Å². The summed E-state index contributed by atoms with van der Waals surface area (Å²) in [7, 11) is 0. The molecule has 0 saturated carbocycles. The highest BCUT2D eigenvalue weighted by atomic mass is 32.2. The Morgan fingerprint density at radius 1 is 1.56 bits per heavy atom. The van der Waals surface area contributed by atoms with Gasteiger partial charge in [-0.2, -0.15) is 11.8 Å². The molecule has 1 aliphatic rings. The molecule has 1 heteroatoms. The summed E-state index contributed by atoms with van der Waals surface area (Å²) < 4.78 is 0. The second-order valence-electron chi connectivity index (χ2n) is 2.96. The Morgan fingerprint density at radius 2 is 2.33 bits per heavy atom. The van der Waals surface area contributed by atoms with Crippen molar-refractivity contribution in [3.05, 3.63) is 0 Å². The fraction of sp³-hybridized carbons (Fsp3) is 1.00. The largest absolute Gasteiger partial charge is 0.158 e. The lowest BCUT2D eigenvalue weighted by atomic mass is 10.0. The van der Waals surface area contributed by atoms with Crippen LogP contribution in [-0.2, 0) is 0 Å². The first kappa shape index (κ1) is 7.46. The van der Waals surface area contributed by atoms with Crippen molar-refractivity contribution >= 4 is 11.8 Å². The fourth-order valence-electron chi connectivity index (χ4n) is 1.41. The molecule has 0 spiro atoms. The fourth-order valence-corrected chi connectivity index (χ4v) is 3.09. The van der Waals surface area contributed by atoms with Gasteiger partial charge in [0.1, 0.15) is 0 Å². The third-order valence-electron chi connectivity index (χ3n) is 2.11. The Bertz CT molecular complexity index is 80.6. The molecule has 1 fully saturated rings. The highest BCUT2D eigenvalue weighted by Crippen LogP contribution is 2.34. The molecule has 0 aromatic rings. The van der Waals surface area contributed by atoms with Gasteiger partial charge in [-0.3, -0.25) is 0 Å². The van der Waals surface area contributed by atoms with Crippen LogP contribution in [0.15, 0.2) is 0 Å². The first-order valence-electron chi connectivity index (χ1n) is 3.96. The maximum atomic E-state index is 2.39. The van der Waals surface area contributed by atoms with Crippen molar-refractivity contribution in [1.82, 2.24) is 0 Å². The quantitative estimate of drug-likeness (QED) is 0.574. The SMILES string of the molecule is CCC[C@H]1SCC[C@H]1C. The Kier molecular flexibility index (Phi) is 2.90. The van der Waals surface area contributed by atoms with Crippen molar-refractivity contribution in [2.75, 3.05) is 5.75 Å². The third kappa shape index (κ3) is 1.89. The molecule has 1 aliphatic heterocycles. The lowest BCUT2D eigenvalue weighted by Gasteiger charge is -2.11. The van der Waals surface area contributed by atoms with E-state index in [9.17, 15) is 0 Å². The predicted molar refractivity (Wildman–Crippen MR) is 44.9 cm³/mol. The average molecular weight is 144 g/mol. The second kappa shape index (κ2) is 3.50. The zero-order chi connectivity index (χ0) is 6.69. The minimum Gasteiger partial charge on any atom is -0.158 e. The lowest BCUT2D eigenvalue weighted by molar-refractivity contribution is 0.535. The summed E-state index contributed by atoms with van der Waals surface area (Å²) in [5, 5.41) is 0.995. The summed E-state index contributed by atoms with van der Waals surface area (Å²) in [6.07, 6.45) is 4.25. The normalized spacial score (nSPS) is 35.3. The third-order valence-corrected chi connectivity index (χ3v) is 3.71. The Labute approximate surface area is 62.4 Å². The van der Waals surface area contributed by atoms with Crippen LogP contribution < -0.4 is 0 Å². The maximum Gasteiger partial charge on any atom is 0.00728 e. The van der Waals surface area contributed by atoms with Crippen molar-refractivity contribution in [1.29, 1.82) is 0 Å². The summed E-state index contributed by atoms with van der Waals surface area (Å²) in [6.45, 7) is 4.67. The van der Waals surface area contributed by atoms with E-state index in [1.807, 2.05) is 0 Å². The van der Waals surface area contributed by atoms with E-state index >= 15 is 0 Å². The van der Waals surface area contributed by atoms with Gasteiger partial charge in [0.2, 0.25) is 0 Å². The molecular weight excluding hydrogens is 128 g/mol. The van der Waals surface area contributed by atoms with Gasteiger partial charge in [-0.1, -0.05) is 20.3 Å². The first-order valence-corrected chi connectivity index (χ1v) is 5.01. The van der Waals surface area contributed by atoms with Crippen molar-refractivity contribution in [3.8, 4) is 0 Å².